The Morgan fingerprint density at radius 2 is 1.73 bits per heavy atom. The van der Waals surface area contributed by atoms with Crippen LogP contribution in [0.1, 0.15) is 0 Å². The second kappa shape index (κ2) is 3.28. The Morgan fingerprint density at radius 3 is 2.13 bits per heavy atom. The highest BCUT2D eigenvalue weighted by Gasteiger charge is 2.57. The second-order valence-corrected chi connectivity index (χ2v) is 2.46. The molecule has 0 aromatic carbocycles. The Labute approximate surface area is 78.3 Å². The zero-order valence-electron chi connectivity index (χ0n) is 6.65. The maximum Gasteiger partial charge on any atom is 0.509 e. The Kier molecular flexibility index (Phi) is 2.53. The van der Waals surface area contributed by atoms with Crippen molar-refractivity contribution in [1.29, 1.82) is 0 Å². The molecule has 2 amide bonds. The van der Waals surface area contributed by atoms with Crippen molar-refractivity contribution in [3.8, 4) is 0 Å². The number of aliphatic imine (C=N–C) groups is 1. The van der Waals surface area contributed by atoms with Crippen LogP contribution in [0.5, 0.6) is 0 Å². The molecule has 1 rings (SSSR count). The smallest absolute Gasteiger partial charge is 0.255 e. The lowest BCUT2D eigenvalue weighted by molar-refractivity contribution is -0.160. The quantitative estimate of drug-likeness (QED) is 0.620. The first-order chi connectivity index (χ1) is 6.60. The molecule has 0 saturated carbocycles. The fourth-order valence-electron chi connectivity index (χ4n) is 0.729. The first-order valence-electron chi connectivity index (χ1n) is 3.34. The van der Waals surface area contributed by atoms with Crippen LogP contribution in [-0.4, -0.2) is 30.4 Å². The first kappa shape index (κ1) is 11.6. The summed E-state index contributed by atoms with van der Waals surface area (Å²) in [6.07, 6.45) is -13.1. The molecule has 0 fully saturated rings. The minimum absolute atomic E-state index is 0.976. The summed E-state index contributed by atoms with van der Waals surface area (Å²) in [6, 6.07) is -1.82. The summed E-state index contributed by atoms with van der Waals surface area (Å²) in [5.41, 5.74) is 0. The maximum absolute atomic E-state index is 11.9. The van der Waals surface area contributed by atoms with Crippen molar-refractivity contribution in [2.75, 3.05) is 0 Å². The largest absolute Gasteiger partial charge is 0.509 e. The highest BCUT2D eigenvalue weighted by molar-refractivity contribution is 5.97. The molecular formula is C5H2F6N3O+. The van der Waals surface area contributed by atoms with Gasteiger partial charge in [-0.15, -0.1) is 0 Å². The van der Waals surface area contributed by atoms with Crippen LogP contribution in [0.15, 0.2) is 0 Å². The molecule has 1 unspecified atom stereocenters. The summed E-state index contributed by atoms with van der Waals surface area (Å²) in [5, 5.41) is 3.33. The van der Waals surface area contributed by atoms with Gasteiger partial charge in [0.05, 0.1) is 0 Å². The Bertz CT molecular complexity index is 305. The lowest BCUT2D eigenvalue weighted by atomic mass is 10.4. The average Bonchev–Trinajstić information content (AvgIpc) is 1.99. The first-order valence-corrected chi connectivity index (χ1v) is 3.34. The number of rotatable bonds is 0. The molecule has 0 aromatic heterocycles. The predicted octanol–water partition coefficient (Wildman–Crippen LogP) is 0.499. The van der Waals surface area contributed by atoms with E-state index in [0.717, 1.165) is 5.32 Å². The van der Waals surface area contributed by atoms with E-state index >= 15 is 0 Å². The standard InChI is InChI=1S/C5H2F6N3O/c6-4(7,8)1-12-2(5(9,10)11)14-3(15)13-1/h1,12H/q+1. The van der Waals surface area contributed by atoms with Crippen LogP contribution in [0.3, 0.4) is 0 Å². The van der Waals surface area contributed by atoms with Gasteiger partial charge in [0.15, 0.2) is 0 Å². The number of hydrogen-bond acceptors (Lipinski definition) is 2. The van der Waals surface area contributed by atoms with Crippen molar-refractivity contribution in [3.05, 3.63) is 0 Å². The van der Waals surface area contributed by atoms with E-state index in [1.807, 2.05) is 0 Å². The molecule has 1 heterocycles. The molecule has 0 aromatic rings. The summed E-state index contributed by atoms with van der Waals surface area (Å²) in [4.78, 5) is 12.7. The van der Waals surface area contributed by atoms with E-state index in [0.29, 0.717) is 0 Å². The number of halogens is 6. The molecule has 0 bridgehead atoms. The van der Waals surface area contributed by atoms with Crippen LogP contribution in [0.4, 0.5) is 31.1 Å². The van der Waals surface area contributed by atoms with E-state index < -0.39 is 30.4 Å². The molecule has 4 nitrogen and oxygen atoms in total. The van der Waals surface area contributed by atoms with Gasteiger partial charge in [-0.3, -0.25) is 5.32 Å². The van der Waals surface area contributed by atoms with Crippen LogP contribution in [-0.2, 0) is 0 Å². The fourth-order valence-corrected chi connectivity index (χ4v) is 0.729. The third-order valence-corrected chi connectivity index (χ3v) is 1.30. The van der Waals surface area contributed by atoms with E-state index in [9.17, 15) is 31.1 Å². The summed E-state index contributed by atoms with van der Waals surface area (Å²) in [6.45, 7) is 0. The number of amidine groups is 1. The van der Waals surface area contributed by atoms with E-state index in [1.165, 1.54) is 0 Å². The maximum atomic E-state index is 11.9. The Hall–Kier alpha value is -1.48. The second-order valence-electron chi connectivity index (χ2n) is 2.46. The van der Waals surface area contributed by atoms with E-state index in [1.54, 1.807) is 0 Å². The van der Waals surface area contributed by atoms with Crippen LogP contribution in [0.2, 0.25) is 0 Å². The molecule has 0 spiro atoms. The van der Waals surface area contributed by atoms with Gasteiger partial charge in [-0.25, -0.2) is 4.79 Å². The van der Waals surface area contributed by atoms with Crippen molar-refractivity contribution in [3.63, 3.8) is 0 Å². The normalized spacial score (nSPS) is 22.9. The van der Waals surface area contributed by atoms with Gasteiger partial charge in [0.1, 0.15) is 0 Å². The topological polar surface area (TPSA) is 57.3 Å². The van der Waals surface area contributed by atoms with Gasteiger partial charge in [0.2, 0.25) is 0 Å². The highest BCUT2D eigenvalue weighted by atomic mass is 19.4. The number of carbonyl (C=O) groups is 1. The molecule has 1 atom stereocenters. The number of alkyl halides is 6. The van der Waals surface area contributed by atoms with Gasteiger partial charge in [-0.2, -0.15) is 26.3 Å². The van der Waals surface area contributed by atoms with Crippen molar-refractivity contribution in [2.45, 2.75) is 18.5 Å². The molecule has 10 heteroatoms. The molecule has 0 saturated heterocycles. The zero-order chi connectivity index (χ0) is 11.9. The molecule has 1 N–H and O–H groups in total. The predicted molar refractivity (Wildman–Crippen MR) is 33.7 cm³/mol. The van der Waals surface area contributed by atoms with Crippen molar-refractivity contribution >= 4 is 11.9 Å². The molecule has 15 heavy (non-hydrogen) atoms. The Balaban J connectivity index is 2.91. The fraction of sp³-hybridized carbons (Fsp3) is 0.600. The number of nitrogens with one attached hydrogen (secondary N) is 1. The molecule has 84 valence electrons. The van der Waals surface area contributed by atoms with Gasteiger partial charge < -0.3 is 0 Å². The minimum Gasteiger partial charge on any atom is -0.255 e. The number of urea groups is 1. The van der Waals surface area contributed by atoms with Crippen LogP contribution in [0, 0.1) is 0 Å². The third kappa shape index (κ3) is 2.73. The SMILES string of the molecule is O=C1[N]C(C(F)(F)F)NC(C(F)(F)F)=[N+]1. The summed E-state index contributed by atoms with van der Waals surface area (Å²) < 4.78 is 71.6. The van der Waals surface area contributed by atoms with Crippen LogP contribution >= 0.6 is 0 Å². The molecular weight excluding hydrogens is 232 g/mol. The molecule has 0 aliphatic carbocycles. The average molecular weight is 234 g/mol. The summed E-state index contributed by atoms with van der Waals surface area (Å²) in [5.74, 6) is -2.00. The van der Waals surface area contributed by atoms with Crippen molar-refractivity contribution in [2.24, 2.45) is 0 Å². The van der Waals surface area contributed by atoms with Gasteiger partial charge in [0.25, 0.3) is 0 Å². The lowest BCUT2D eigenvalue weighted by Gasteiger charge is -2.17. The highest BCUT2D eigenvalue weighted by Crippen LogP contribution is 2.23. The molecule has 1 aliphatic heterocycles. The van der Waals surface area contributed by atoms with E-state index in [-0.39, 0.29) is 0 Å². The third-order valence-electron chi connectivity index (χ3n) is 1.30. The van der Waals surface area contributed by atoms with Gasteiger partial charge in [-0.05, 0) is 4.99 Å². The van der Waals surface area contributed by atoms with Crippen molar-refractivity contribution < 1.29 is 31.1 Å². The molecule has 1 aliphatic rings. The van der Waals surface area contributed by atoms with Crippen LogP contribution in [0.25, 0.3) is 0 Å². The zero-order valence-corrected chi connectivity index (χ0v) is 6.65. The van der Waals surface area contributed by atoms with Crippen LogP contribution < -0.4 is 15.6 Å². The Morgan fingerprint density at radius 1 is 1.20 bits per heavy atom. The van der Waals surface area contributed by atoms with Gasteiger partial charge in [0, 0.05) is 0 Å². The monoisotopic (exact) mass is 234 g/mol. The number of amides is 2. The van der Waals surface area contributed by atoms with E-state index in [4.69, 9.17) is 0 Å². The van der Waals surface area contributed by atoms with Crippen molar-refractivity contribution in [1.82, 2.24) is 15.6 Å². The summed E-state index contributed by atoms with van der Waals surface area (Å²) in [7, 11) is 0. The van der Waals surface area contributed by atoms with Gasteiger partial charge >= 0.3 is 30.4 Å². The molecule has 2 radical (unpaired) electrons. The number of carbonyl (C=O) groups excluding carboxylic acids is 1. The number of hydrogen-bond donors (Lipinski definition) is 1. The lowest BCUT2D eigenvalue weighted by Crippen LogP contribution is -2.61. The summed E-state index contributed by atoms with van der Waals surface area (Å²) >= 11 is 0. The minimum atomic E-state index is -5.14. The number of nitrogens with zero attached hydrogens (tertiary/aromatic N) is 2. The van der Waals surface area contributed by atoms with E-state index in [2.05, 4.69) is 10.3 Å². The van der Waals surface area contributed by atoms with Gasteiger partial charge in [-0.1, -0.05) is 5.32 Å².